The number of nitrogens with one attached hydrogen (secondary N) is 1. The molecule has 1 aromatic heterocycles. The summed E-state index contributed by atoms with van der Waals surface area (Å²) in [4.78, 5) is 27.9. The molecule has 0 spiro atoms. The molecule has 2 amide bonds. The van der Waals surface area contributed by atoms with Crippen molar-refractivity contribution in [3.8, 4) is 16.9 Å². The summed E-state index contributed by atoms with van der Waals surface area (Å²) in [6.07, 6.45) is 6.25. The number of hydrogen-bond donors (Lipinski definition) is 1. The molecule has 2 saturated heterocycles. The molecule has 3 aromatic rings. The van der Waals surface area contributed by atoms with Crippen LogP contribution in [0.1, 0.15) is 42.5 Å². The Morgan fingerprint density at radius 2 is 1.69 bits per heavy atom. The first-order chi connectivity index (χ1) is 17.2. The fraction of sp³-hybridized carbons (Fsp3) is 0.393. The number of piperidine rings is 1. The summed E-state index contributed by atoms with van der Waals surface area (Å²) in [5.41, 5.74) is 3.13. The largest absolute Gasteiger partial charge is 0.376 e. The third-order valence-corrected chi connectivity index (χ3v) is 6.94. The molecule has 3 heterocycles. The molecule has 7 nitrogen and oxygen atoms in total. The normalized spacial score (nSPS) is 18.5. The topological polar surface area (TPSA) is 76.5 Å². The lowest BCUT2D eigenvalue weighted by Crippen LogP contribution is -2.40. The molecular formula is C28H32N4O3. The van der Waals surface area contributed by atoms with Crippen LogP contribution in [-0.4, -0.2) is 58.8 Å². The van der Waals surface area contributed by atoms with Crippen molar-refractivity contribution >= 4 is 11.8 Å². The maximum absolute atomic E-state index is 13.6. The van der Waals surface area contributed by atoms with E-state index in [9.17, 15) is 9.59 Å². The minimum absolute atomic E-state index is 0.00711. The maximum atomic E-state index is 13.6. The first-order valence-electron chi connectivity index (χ1n) is 12.6. The van der Waals surface area contributed by atoms with Gasteiger partial charge in [0, 0.05) is 44.4 Å². The molecule has 1 N–H and O–H groups in total. The van der Waals surface area contributed by atoms with Crippen LogP contribution in [0.25, 0.3) is 16.9 Å². The quantitative estimate of drug-likeness (QED) is 0.562. The van der Waals surface area contributed by atoms with E-state index in [-0.39, 0.29) is 17.9 Å². The van der Waals surface area contributed by atoms with E-state index in [2.05, 4.69) is 5.32 Å². The zero-order valence-electron chi connectivity index (χ0n) is 19.9. The van der Waals surface area contributed by atoms with Crippen LogP contribution >= 0.6 is 0 Å². The van der Waals surface area contributed by atoms with Gasteiger partial charge in [0.25, 0.3) is 5.91 Å². The van der Waals surface area contributed by atoms with Gasteiger partial charge in [-0.1, -0.05) is 48.5 Å². The molecule has 0 radical (unpaired) electrons. The fourth-order valence-corrected chi connectivity index (χ4v) is 4.93. The number of hydrogen-bond acceptors (Lipinski definition) is 4. The number of rotatable bonds is 7. The predicted octanol–water partition coefficient (Wildman–Crippen LogP) is 4.08. The van der Waals surface area contributed by atoms with Crippen molar-refractivity contribution in [2.24, 2.45) is 5.92 Å². The van der Waals surface area contributed by atoms with Crippen LogP contribution in [0.4, 0.5) is 0 Å². The number of carbonyl (C=O) groups excluding carboxylic acids is 2. The summed E-state index contributed by atoms with van der Waals surface area (Å²) in [5, 5.41) is 7.80. The summed E-state index contributed by atoms with van der Waals surface area (Å²) in [6, 6.07) is 19.7. The maximum Gasteiger partial charge on any atom is 0.257 e. The molecule has 7 heteroatoms. The number of amides is 2. The first-order valence-corrected chi connectivity index (χ1v) is 12.6. The Bertz CT molecular complexity index is 1130. The Balaban J connectivity index is 1.24. The molecule has 2 aliphatic rings. The lowest BCUT2D eigenvalue weighted by atomic mass is 9.92. The van der Waals surface area contributed by atoms with Gasteiger partial charge < -0.3 is 15.0 Å². The van der Waals surface area contributed by atoms with Gasteiger partial charge in [-0.25, -0.2) is 4.68 Å². The molecule has 0 bridgehead atoms. The van der Waals surface area contributed by atoms with Crippen LogP contribution < -0.4 is 5.32 Å². The van der Waals surface area contributed by atoms with E-state index in [4.69, 9.17) is 9.84 Å². The smallest absolute Gasteiger partial charge is 0.257 e. The van der Waals surface area contributed by atoms with E-state index in [1.54, 1.807) is 4.68 Å². The summed E-state index contributed by atoms with van der Waals surface area (Å²) in [7, 11) is 0. The fourth-order valence-electron chi connectivity index (χ4n) is 4.93. The average Bonchev–Trinajstić information content (AvgIpc) is 3.59. The van der Waals surface area contributed by atoms with Crippen molar-refractivity contribution < 1.29 is 14.3 Å². The second kappa shape index (κ2) is 10.9. The standard InChI is InChI=1S/C28H32N4O3/c33-26(29-19-24-12-7-17-35-24)18-21-13-15-31(16-14-21)28(34)25-20-32(23-10-5-2-6-11-23)30-27(25)22-8-3-1-4-9-22/h1-6,8-11,20-21,24H,7,12-19H2,(H,29,33). The van der Waals surface area contributed by atoms with Crippen molar-refractivity contribution in [2.45, 2.75) is 38.2 Å². The summed E-state index contributed by atoms with van der Waals surface area (Å²) >= 11 is 0. The van der Waals surface area contributed by atoms with Crippen molar-refractivity contribution in [3.05, 3.63) is 72.4 Å². The molecule has 0 aliphatic carbocycles. The van der Waals surface area contributed by atoms with Crippen LogP contribution in [0.3, 0.4) is 0 Å². The lowest BCUT2D eigenvalue weighted by molar-refractivity contribution is -0.122. The number of aromatic nitrogens is 2. The summed E-state index contributed by atoms with van der Waals surface area (Å²) in [5.74, 6) is 0.372. The van der Waals surface area contributed by atoms with Gasteiger partial charge in [-0.05, 0) is 43.7 Å². The molecule has 182 valence electrons. The molecular weight excluding hydrogens is 440 g/mol. The Morgan fingerprint density at radius 1 is 0.971 bits per heavy atom. The van der Waals surface area contributed by atoms with Crippen LogP contribution in [0.5, 0.6) is 0 Å². The van der Waals surface area contributed by atoms with Gasteiger partial charge in [0.1, 0.15) is 5.69 Å². The summed E-state index contributed by atoms with van der Waals surface area (Å²) < 4.78 is 7.36. The molecule has 1 unspecified atom stereocenters. The highest BCUT2D eigenvalue weighted by Gasteiger charge is 2.28. The highest BCUT2D eigenvalue weighted by molar-refractivity contribution is 6.00. The van der Waals surface area contributed by atoms with Gasteiger partial charge in [0.15, 0.2) is 0 Å². The monoisotopic (exact) mass is 472 g/mol. The number of nitrogens with zero attached hydrogens (tertiary/aromatic N) is 3. The van der Waals surface area contributed by atoms with Crippen molar-refractivity contribution in [1.82, 2.24) is 20.0 Å². The second-order valence-electron chi connectivity index (χ2n) is 9.42. The van der Waals surface area contributed by atoms with E-state index in [0.717, 1.165) is 43.5 Å². The van der Waals surface area contributed by atoms with E-state index in [0.29, 0.717) is 43.2 Å². The number of ether oxygens (including phenoxy) is 1. The number of para-hydroxylation sites is 1. The Kier molecular flexibility index (Phi) is 7.23. The number of carbonyl (C=O) groups is 2. The highest BCUT2D eigenvalue weighted by atomic mass is 16.5. The van der Waals surface area contributed by atoms with Gasteiger partial charge in [-0.3, -0.25) is 9.59 Å². The number of likely N-dealkylation sites (tertiary alicyclic amines) is 1. The van der Waals surface area contributed by atoms with Crippen LogP contribution in [0.15, 0.2) is 66.9 Å². The van der Waals surface area contributed by atoms with Gasteiger partial charge in [0.05, 0.1) is 17.4 Å². The minimum Gasteiger partial charge on any atom is -0.376 e. The molecule has 1 atom stereocenters. The lowest BCUT2D eigenvalue weighted by Gasteiger charge is -2.31. The molecule has 2 aromatic carbocycles. The van der Waals surface area contributed by atoms with Gasteiger partial charge in [-0.15, -0.1) is 0 Å². The molecule has 0 saturated carbocycles. The Hall–Kier alpha value is -3.45. The molecule has 2 aliphatic heterocycles. The first kappa shape index (κ1) is 23.3. The third-order valence-electron chi connectivity index (χ3n) is 6.94. The summed E-state index contributed by atoms with van der Waals surface area (Å²) in [6.45, 7) is 2.69. The van der Waals surface area contributed by atoms with Gasteiger partial charge in [0.2, 0.25) is 5.91 Å². The van der Waals surface area contributed by atoms with Crippen LogP contribution in [-0.2, 0) is 9.53 Å². The molecule has 5 rings (SSSR count). The van der Waals surface area contributed by atoms with E-state index in [1.165, 1.54) is 0 Å². The Labute approximate surface area is 206 Å². The zero-order chi connectivity index (χ0) is 24.0. The Morgan fingerprint density at radius 3 is 2.37 bits per heavy atom. The second-order valence-corrected chi connectivity index (χ2v) is 9.42. The van der Waals surface area contributed by atoms with Crippen molar-refractivity contribution in [1.29, 1.82) is 0 Å². The van der Waals surface area contributed by atoms with E-state index >= 15 is 0 Å². The predicted molar refractivity (Wildman–Crippen MR) is 134 cm³/mol. The third kappa shape index (κ3) is 5.62. The van der Waals surface area contributed by atoms with Crippen LogP contribution in [0, 0.1) is 5.92 Å². The van der Waals surface area contributed by atoms with Gasteiger partial charge >= 0.3 is 0 Å². The van der Waals surface area contributed by atoms with E-state index < -0.39 is 0 Å². The van der Waals surface area contributed by atoms with Crippen molar-refractivity contribution in [3.63, 3.8) is 0 Å². The molecule has 2 fully saturated rings. The average molecular weight is 473 g/mol. The SMILES string of the molecule is O=C(CC1CCN(C(=O)c2cn(-c3ccccc3)nc2-c2ccccc2)CC1)NCC1CCCO1. The highest BCUT2D eigenvalue weighted by Crippen LogP contribution is 2.27. The van der Waals surface area contributed by atoms with Crippen LogP contribution in [0.2, 0.25) is 0 Å². The minimum atomic E-state index is -0.00711. The van der Waals surface area contributed by atoms with Gasteiger partial charge in [-0.2, -0.15) is 5.10 Å². The molecule has 35 heavy (non-hydrogen) atoms. The van der Waals surface area contributed by atoms with E-state index in [1.807, 2.05) is 71.8 Å². The zero-order valence-corrected chi connectivity index (χ0v) is 19.9. The van der Waals surface area contributed by atoms with Crippen molar-refractivity contribution in [2.75, 3.05) is 26.2 Å². The number of benzene rings is 2.